The van der Waals surface area contributed by atoms with Crippen LogP contribution in [0.25, 0.3) is 0 Å². The predicted molar refractivity (Wildman–Crippen MR) is 73.1 cm³/mol. The molecule has 5 heteroatoms. The van der Waals surface area contributed by atoms with Crippen LogP contribution < -0.4 is 20.7 Å². The molecular weight excluding hydrogens is 244 g/mol. The van der Waals surface area contributed by atoms with Gasteiger partial charge in [0.1, 0.15) is 11.5 Å². The monoisotopic (exact) mass is 266 g/mol. The van der Waals surface area contributed by atoms with E-state index in [9.17, 15) is 0 Å². The highest BCUT2D eigenvalue weighted by atomic mass is 16.5. The molecule has 1 aromatic carbocycles. The van der Waals surface area contributed by atoms with Gasteiger partial charge < -0.3 is 14.2 Å². The predicted octanol–water partition coefficient (Wildman–Crippen LogP) is 1.63. The molecule has 1 heterocycles. The van der Waals surface area contributed by atoms with Gasteiger partial charge in [-0.15, -0.1) is 0 Å². The number of nitrogens with two attached hydrogens (primary N) is 1. The van der Waals surface area contributed by atoms with Crippen LogP contribution in [0.2, 0.25) is 0 Å². The summed E-state index contributed by atoms with van der Waals surface area (Å²) in [5, 5.41) is 0. The van der Waals surface area contributed by atoms with Gasteiger partial charge in [0.05, 0.1) is 33.0 Å². The summed E-state index contributed by atoms with van der Waals surface area (Å²) in [7, 11) is 3.31. The Hall–Kier alpha value is -1.30. The number of hydrogen-bond acceptors (Lipinski definition) is 5. The Bertz CT molecular complexity index is 425. The molecule has 1 aliphatic rings. The van der Waals surface area contributed by atoms with Crippen LogP contribution in [0.4, 0.5) is 0 Å². The van der Waals surface area contributed by atoms with Crippen molar-refractivity contribution < 1.29 is 14.2 Å². The first-order valence-electron chi connectivity index (χ1n) is 6.49. The van der Waals surface area contributed by atoms with E-state index in [4.69, 9.17) is 20.1 Å². The van der Waals surface area contributed by atoms with Gasteiger partial charge in [0, 0.05) is 11.5 Å². The maximum absolute atomic E-state index is 5.74. The Kier molecular flexibility index (Phi) is 4.63. The lowest BCUT2D eigenvalue weighted by atomic mass is 9.91. The van der Waals surface area contributed by atoms with Crippen LogP contribution in [0.1, 0.15) is 24.9 Å². The maximum Gasteiger partial charge on any atom is 0.123 e. The molecule has 1 aliphatic heterocycles. The Morgan fingerprint density at radius 1 is 1.37 bits per heavy atom. The van der Waals surface area contributed by atoms with E-state index in [0.29, 0.717) is 12.5 Å². The molecule has 5 nitrogen and oxygen atoms in total. The van der Waals surface area contributed by atoms with Crippen molar-refractivity contribution in [2.45, 2.75) is 25.5 Å². The number of nitrogens with one attached hydrogen (secondary N) is 1. The SMILES string of the molecule is COc1ccc(OC)c(C(NN)C2COC(C)C2)c1. The molecule has 1 saturated heterocycles. The van der Waals surface area contributed by atoms with Gasteiger partial charge >= 0.3 is 0 Å². The van der Waals surface area contributed by atoms with Gasteiger partial charge in [-0.1, -0.05) is 0 Å². The fraction of sp³-hybridized carbons (Fsp3) is 0.571. The summed E-state index contributed by atoms with van der Waals surface area (Å²) in [5.41, 5.74) is 3.90. The normalized spacial score (nSPS) is 24.2. The van der Waals surface area contributed by atoms with E-state index in [1.54, 1.807) is 14.2 Å². The average molecular weight is 266 g/mol. The van der Waals surface area contributed by atoms with Crippen molar-refractivity contribution in [1.29, 1.82) is 0 Å². The van der Waals surface area contributed by atoms with E-state index in [0.717, 1.165) is 23.5 Å². The van der Waals surface area contributed by atoms with Crippen molar-refractivity contribution in [1.82, 2.24) is 5.43 Å². The minimum absolute atomic E-state index is 0.00463. The van der Waals surface area contributed by atoms with Gasteiger partial charge in [-0.25, -0.2) is 0 Å². The summed E-state index contributed by atoms with van der Waals surface area (Å²) in [4.78, 5) is 0. The summed E-state index contributed by atoms with van der Waals surface area (Å²) < 4.78 is 16.3. The third-order valence-corrected chi connectivity index (χ3v) is 3.65. The Labute approximate surface area is 114 Å². The highest BCUT2D eigenvalue weighted by Crippen LogP contribution is 2.37. The Morgan fingerprint density at radius 3 is 2.68 bits per heavy atom. The molecule has 3 unspecified atom stereocenters. The molecular formula is C14H22N2O3. The molecule has 0 amide bonds. The van der Waals surface area contributed by atoms with E-state index in [-0.39, 0.29) is 12.1 Å². The molecule has 0 spiro atoms. The van der Waals surface area contributed by atoms with Crippen LogP contribution in [0.5, 0.6) is 11.5 Å². The van der Waals surface area contributed by atoms with E-state index in [1.165, 1.54) is 0 Å². The largest absolute Gasteiger partial charge is 0.497 e. The molecule has 2 rings (SSSR count). The number of rotatable bonds is 5. The zero-order valence-electron chi connectivity index (χ0n) is 11.7. The van der Waals surface area contributed by atoms with Crippen molar-refractivity contribution in [3.63, 3.8) is 0 Å². The molecule has 0 saturated carbocycles. The summed E-state index contributed by atoms with van der Waals surface area (Å²) >= 11 is 0. The Balaban J connectivity index is 2.30. The third-order valence-electron chi connectivity index (χ3n) is 3.65. The number of hydrazine groups is 1. The molecule has 0 aliphatic carbocycles. The van der Waals surface area contributed by atoms with Crippen LogP contribution in [0, 0.1) is 5.92 Å². The fourth-order valence-corrected chi connectivity index (χ4v) is 2.64. The number of methoxy groups -OCH3 is 2. The molecule has 0 radical (unpaired) electrons. The van der Waals surface area contributed by atoms with Crippen molar-refractivity contribution in [2.75, 3.05) is 20.8 Å². The molecule has 3 N–H and O–H groups in total. The van der Waals surface area contributed by atoms with Crippen LogP contribution in [-0.4, -0.2) is 26.9 Å². The number of ether oxygens (including phenoxy) is 3. The lowest BCUT2D eigenvalue weighted by Gasteiger charge is -2.24. The van der Waals surface area contributed by atoms with Crippen LogP contribution in [-0.2, 0) is 4.74 Å². The minimum Gasteiger partial charge on any atom is -0.497 e. The van der Waals surface area contributed by atoms with E-state index in [2.05, 4.69) is 12.3 Å². The summed E-state index contributed by atoms with van der Waals surface area (Å²) in [6, 6.07) is 5.74. The Morgan fingerprint density at radius 2 is 2.16 bits per heavy atom. The highest BCUT2D eigenvalue weighted by Gasteiger charge is 2.31. The lowest BCUT2D eigenvalue weighted by molar-refractivity contribution is 0.116. The van der Waals surface area contributed by atoms with Crippen LogP contribution in [0.15, 0.2) is 18.2 Å². The molecule has 0 bridgehead atoms. The molecule has 19 heavy (non-hydrogen) atoms. The lowest BCUT2D eigenvalue weighted by Crippen LogP contribution is -2.34. The zero-order chi connectivity index (χ0) is 13.8. The highest BCUT2D eigenvalue weighted by molar-refractivity contribution is 5.42. The second-order valence-corrected chi connectivity index (χ2v) is 4.89. The van der Waals surface area contributed by atoms with Gasteiger partial charge in [-0.3, -0.25) is 11.3 Å². The van der Waals surface area contributed by atoms with Crippen molar-refractivity contribution in [3.05, 3.63) is 23.8 Å². The second-order valence-electron chi connectivity index (χ2n) is 4.89. The summed E-state index contributed by atoms with van der Waals surface area (Å²) in [5.74, 6) is 7.68. The fourth-order valence-electron chi connectivity index (χ4n) is 2.64. The van der Waals surface area contributed by atoms with Gasteiger partial charge in [0.2, 0.25) is 0 Å². The van der Waals surface area contributed by atoms with Gasteiger partial charge in [-0.05, 0) is 31.5 Å². The molecule has 1 fully saturated rings. The maximum atomic E-state index is 5.74. The average Bonchev–Trinajstić information content (AvgIpc) is 2.86. The molecule has 1 aromatic rings. The third kappa shape index (κ3) is 3.00. The zero-order valence-corrected chi connectivity index (χ0v) is 11.7. The topological polar surface area (TPSA) is 65.7 Å². The first-order chi connectivity index (χ1) is 9.19. The van der Waals surface area contributed by atoms with Gasteiger partial charge in [0.25, 0.3) is 0 Å². The summed E-state index contributed by atoms with van der Waals surface area (Å²) in [6.07, 6.45) is 1.26. The first kappa shape index (κ1) is 14.1. The quantitative estimate of drug-likeness (QED) is 0.626. The van der Waals surface area contributed by atoms with Crippen molar-refractivity contribution in [2.24, 2.45) is 11.8 Å². The second kappa shape index (κ2) is 6.23. The van der Waals surface area contributed by atoms with E-state index in [1.807, 2.05) is 18.2 Å². The van der Waals surface area contributed by atoms with E-state index < -0.39 is 0 Å². The smallest absolute Gasteiger partial charge is 0.123 e. The van der Waals surface area contributed by atoms with Crippen LogP contribution in [0.3, 0.4) is 0 Å². The van der Waals surface area contributed by atoms with Gasteiger partial charge in [-0.2, -0.15) is 0 Å². The standard InChI is InChI=1S/C14H22N2O3/c1-9-6-10(8-19-9)14(16-15)12-7-11(17-2)4-5-13(12)18-3/h4-5,7,9-10,14,16H,6,8,15H2,1-3H3. The van der Waals surface area contributed by atoms with Gasteiger partial charge in [0.15, 0.2) is 0 Å². The number of hydrogen-bond donors (Lipinski definition) is 2. The molecule has 0 aromatic heterocycles. The van der Waals surface area contributed by atoms with Crippen molar-refractivity contribution >= 4 is 0 Å². The number of benzene rings is 1. The minimum atomic E-state index is -0.00463. The van der Waals surface area contributed by atoms with E-state index >= 15 is 0 Å². The first-order valence-corrected chi connectivity index (χ1v) is 6.49. The molecule has 3 atom stereocenters. The summed E-state index contributed by atoms with van der Waals surface area (Å²) in [6.45, 7) is 2.78. The molecule has 106 valence electrons. The van der Waals surface area contributed by atoms with Crippen LogP contribution >= 0.6 is 0 Å². The van der Waals surface area contributed by atoms with Crippen molar-refractivity contribution in [3.8, 4) is 11.5 Å².